The van der Waals surface area contributed by atoms with E-state index in [2.05, 4.69) is 5.32 Å². The Labute approximate surface area is 133 Å². The summed E-state index contributed by atoms with van der Waals surface area (Å²) >= 11 is 0. The van der Waals surface area contributed by atoms with Crippen molar-refractivity contribution in [2.24, 2.45) is 0 Å². The summed E-state index contributed by atoms with van der Waals surface area (Å²) < 4.78 is 23.6. The van der Waals surface area contributed by atoms with Crippen molar-refractivity contribution in [2.75, 3.05) is 31.0 Å². The van der Waals surface area contributed by atoms with E-state index >= 15 is 0 Å². The first-order valence-corrected chi connectivity index (χ1v) is 7.17. The average molecular weight is 316 g/mol. The lowest BCUT2D eigenvalue weighted by atomic mass is 10.1. The third kappa shape index (κ3) is 2.92. The van der Waals surface area contributed by atoms with Gasteiger partial charge < -0.3 is 19.7 Å². The molecule has 0 spiro atoms. The summed E-state index contributed by atoms with van der Waals surface area (Å²) in [6.45, 7) is 0.562. The molecule has 1 amide bonds. The minimum atomic E-state index is -0.299. The fourth-order valence-electron chi connectivity index (χ4n) is 2.58. The van der Waals surface area contributed by atoms with Crippen LogP contribution in [-0.2, 0) is 11.3 Å². The van der Waals surface area contributed by atoms with Crippen molar-refractivity contribution in [3.05, 3.63) is 47.8 Å². The van der Waals surface area contributed by atoms with E-state index in [0.29, 0.717) is 23.7 Å². The number of hydrogen-bond acceptors (Lipinski definition) is 4. The molecule has 2 aromatic rings. The van der Waals surface area contributed by atoms with Crippen molar-refractivity contribution in [3.63, 3.8) is 0 Å². The van der Waals surface area contributed by atoms with Gasteiger partial charge in [0.2, 0.25) is 5.91 Å². The van der Waals surface area contributed by atoms with Crippen LogP contribution in [0.1, 0.15) is 5.56 Å². The maximum atomic E-state index is 13.0. The molecule has 3 rings (SSSR count). The molecule has 0 saturated carbocycles. The van der Waals surface area contributed by atoms with Gasteiger partial charge in [-0.3, -0.25) is 4.79 Å². The SMILES string of the molecule is COc1cc2c(cc1OC)N(Cc1ccc(F)cc1)C(=O)CN2. The van der Waals surface area contributed by atoms with Crippen LogP contribution < -0.4 is 19.7 Å². The van der Waals surface area contributed by atoms with Crippen molar-refractivity contribution in [2.45, 2.75) is 6.54 Å². The minimum absolute atomic E-state index is 0.0611. The summed E-state index contributed by atoms with van der Waals surface area (Å²) in [4.78, 5) is 14.0. The molecule has 1 N–H and O–H groups in total. The molecule has 5 nitrogen and oxygen atoms in total. The Morgan fingerprint density at radius 3 is 2.43 bits per heavy atom. The number of carbonyl (C=O) groups excluding carboxylic acids is 1. The highest BCUT2D eigenvalue weighted by molar-refractivity contribution is 6.03. The minimum Gasteiger partial charge on any atom is -0.493 e. The van der Waals surface area contributed by atoms with Gasteiger partial charge in [0.25, 0.3) is 0 Å². The summed E-state index contributed by atoms with van der Waals surface area (Å²) in [5.41, 5.74) is 2.36. The highest BCUT2D eigenvalue weighted by atomic mass is 19.1. The number of methoxy groups -OCH3 is 2. The standard InChI is InChI=1S/C17H17FN2O3/c1-22-15-7-13-14(8-16(15)23-2)20(17(21)9-19-13)10-11-3-5-12(18)6-4-11/h3-8,19H,9-10H2,1-2H3. The fraction of sp³-hybridized carbons (Fsp3) is 0.235. The summed E-state index contributed by atoms with van der Waals surface area (Å²) in [5.74, 6) is 0.780. The summed E-state index contributed by atoms with van der Waals surface area (Å²) in [5, 5.41) is 3.08. The van der Waals surface area contributed by atoms with Crippen molar-refractivity contribution >= 4 is 17.3 Å². The number of rotatable bonds is 4. The molecule has 0 aliphatic carbocycles. The zero-order chi connectivity index (χ0) is 16.4. The van der Waals surface area contributed by atoms with Gasteiger partial charge in [-0.2, -0.15) is 0 Å². The predicted octanol–water partition coefficient (Wildman–Crippen LogP) is 2.80. The van der Waals surface area contributed by atoms with Gasteiger partial charge in [0.15, 0.2) is 11.5 Å². The van der Waals surface area contributed by atoms with E-state index in [1.165, 1.54) is 12.1 Å². The average Bonchev–Trinajstić information content (AvgIpc) is 2.58. The highest BCUT2D eigenvalue weighted by Gasteiger charge is 2.26. The van der Waals surface area contributed by atoms with Gasteiger partial charge in [-0.25, -0.2) is 4.39 Å². The van der Waals surface area contributed by atoms with E-state index in [-0.39, 0.29) is 18.3 Å². The second-order valence-corrected chi connectivity index (χ2v) is 5.18. The Hall–Kier alpha value is -2.76. The molecular weight excluding hydrogens is 299 g/mol. The normalized spacial score (nSPS) is 13.3. The van der Waals surface area contributed by atoms with Crippen LogP contribution in [0.25, 0.3) is 0 Å². The molecule has 0 bridgehead atoms. The van der Waals surface area contributed by atoms with Crippen LogP contribution in [0, 0.1) is 5.82 Å². The zero-order valence-electron chi connectivity index (χ0n) is 12.9. The van der Waals surface area contributed by atoms with Crippen LogP contribution in [-0.4, -0.2) is 26.7 Å². The molecule has 0 radical (unpaired) electrons. The topological polar surface area (TPSA) is 50.8 Å². The first-order valence-electron chi connectivity index (χ1n) is 7.17. The third-order valence-corrected chi connectivity index (χ3v) is 3.78. The molecule has 0 fully saturated rings. The molecule has 0 aromatic heterocycles. The van der Waals surface area contributed by atoms with Crippen LogP contribution in [0.3, 0.4) is 0 Å². The monoisotopic (exact) mass is 316 g/mol. The number of halogens is 1. The molecule has 0 atom stereocenters. The van der Waals surface area contributed by atoms with Crippen LogP contribution in [0.15, 0.2) is 36.4 Å². The Bertz CT molecular complexity index is 731. The second-order valence-electron chi connectivity index (χ2n) is 5.18. The van der Waals surface area contributed by atoms with E-state index in [4.69, 9.17) is 9.47 Å². The van der Waals surface area contributed by atoms with E-state index < -0.39 is 0 Å². The van der Waals surface area contributed by atoms with Gasteiger partial charge >= 0.3 is 0 Å². The summed E-state index contributed by atoms with van der Waals surface area (Å²) in [6, 6.07) is 9.69. The number of nitrogens with zero attached hydrogens (tertiary/aromatic N) is 1. The summed E-state index contributed by atoms with van der Waals surface area (Å²) in [6.07, 6.45) is 0. The lowest BCUT2D eigenvalue weighted by molar-refractivity contribution is -0.117. The van der Waals surface area contributed by atoms with Crippen molar-refractivity contribution in [1.82, 2.24) is 0 Å². The Balaban J connectivity index is 1.98. The van der Waals surface area contributed by atoms with Crippen molar-refractivity contribution in [3.8, 4) is 11.5 Å². The van der Waals surface area contributed by atoms with Crippen LogP contribution in [0.2, 0.25) is 0 Å². The van der Waals surface area contributed by atoms with Crippen molar-refractivity contribution < 1.29 is 18.7 Å². The Kier molecular flexibility index (Phi) is 4.06. The predicted molar refractivity (Wildman–Crippen MR) is 85.6 cm³/mol. The maximum absolute atomic E-state index is 13.0. The number of hydrogen-bond donors (Lipinski definition) is 1. The Morgan fingerprint density at radius 2 is 1.78 bits per heavy atom. The van der Waals surface area contributed by atoms with Gasteiger partial charge in [-0.15, -0.1) is 0 Å². The van der Waals surface area contributed by atoms with Gasteiger partial charge in [0.1, 0.15) is 5.82 Å². The fourth-order valence-corrected chi connectivity index (χ4v) is 2.58. The van der Waals surface area contributed by atoms with Crippen LogP contribution >= 0.6 is 0 Å². The van der Waals surface area contributed by atoms with Gasteiger partial charge in [0, 0.05) is 12.1 Å². The van der Waals surface area contributed by atoms with Gasteiger partial charge in [-0.1, -0.05) is 12.1 Å². The zero-order valence-corrected chi connectivity index (χ0v) is 12.9. The largest absolute Gasteiger partial charge is 0.493 e. The Morgan fingerprint density at radius 1 is 1.13 bits per heavy atom. The molecule has 1 heterocycles. The van der Waals surface area contributed by atoms with Gasteiger partial charge in [0.05, 0.1) is 38.7 Å². The van der Waals surface area contributed by atoms with Crippen LogP contribution in [0.5, 0.6) is 11.5 Å². The number of benzene rings is 2. The number of fused-ring (bicyclic) bond motifs is 1. The number of carbonyl (C=O) groups is 1. The summed E-state index contributed by atoms with van der Waals surface area (Å²) in [7, 11) is 3.11. The highest BCUT2D eigenvalue weighted by Crippen LogP contribution is 2.40. The molecule has 23 heavy (non-hydrogen) atoms. The smallest absolute Gasteiger partial charge is 0.246 e. The maximum Gasteiger partial charge on any atom is 0.246 e. The van der Waals surface area contributed by atoms with Crippen LogP contribution in [0.4, 0.5) is 15.8 Å². The molecule has 1 aliphatic rings. The molecule has 2 aromatic carbocycles. The molecular formula is C17H17FN2O3. The van der Waals surface area contributed by atoms with Crippen molar-refractivity contribution in [1.29, 1.82) is 0 Å². The first kappa shape index (κ1) is 15.1. The second kappa shape index (κ2) is 6.16. The number of amides is 1. The first-order chi connectivity index (χ1) is 11.1. The lowest BCUT2D eigenvalue weighted by Crippen LogP contribution is -2.39. The van der Waals surface area contributed by atoms with E-state index in [1.807, 2.05) is 0 Å². The molecule has 6 heteroatoms. The quantitative estimate of drug-likeness (QED) is 0.942. The lowest BCUT2D eigenvalue weighted by Gasteiger charge is -2.31. The number of nitrogens with one attached hydrogen (secondary N) is 1. The number of ether oxygens (including phenoxy) is 2. The van der Waals surface area contributed by atoms with E-state index in [0.717, 1.165) is 11.3 Å². The third-order valence-electron chi connectivity index (χ3n) is 3.78. The van der Waals surface area contributed by atoms with E-state index in [1.54, 1.807) is 43.4 Å². The molecule has 0 unspecified atom stereocenters. The molecule has 1 aliphatic heterocycles. The molecule has 0 saturated heterocycles. The number of anilines is 2. The van der Waals surface area contributed by atoms with E-state index in [9.17, 15) is 9.18 Å². The van der Waals surface area contributed by atoms with Gasteiger partial charge in [-0.05, 0) is 17.7 Å². The molecule has 120 valence electrons.